The van der Waals surface area contributed by atoms with Crippen LogP contribution >= 0.6 is 0 Å². The molecule has 0 aliphatic carbocycles. The summed E-state index contributed by atoms with van der Waals surface area (Å²) in [7, 11) is -6.65. The van der Waals surface area contributed by atoms with E-state index in [-0.39, 0.29) is 17.3 Å². The van der Waals surface area contributed by atoms with Crippen molar-refractivity contribution in [1.29, 1.82) is 0 Å². The largest absolute Gasteiger partial charge is 0.456 e. The van der Waals surface area contributed by atoms with Crippen molar-refractivity contribution in [3.63, 3.8) is 0 Å². The molecule has 1 saturated heterocycles. The van der Waals surface area contributed by atoms with Crippen LogP contribution < -0.4 is 0 Å². The van der Waals surface area contributed by atoms with E-state index in [1.165, 1.54) is 0 Å². The Hall–Kier alpha value is 0.0375. The van der Waals surface area contributed by atoms with Crippen molar-refractivity contribution in [2.45, 2.75) is 109 Å². The van der Waals surface area contributed by atoms with Crippen LogP contribution in [0.2, 0.25) is 65.0 Å². The predicted molar refractivity (Wildman–Crippen MR) is 129 cm³/mol. The first-order valence-electron chi connectivity index (χ1n) is 10.5. The number of esters is 1. The highest BCUT2D eigenvalue weighted by molar-refractivity contribution is 7.66. The highest BCUT2D eigenvalue weighted by Gasteiger charge is 2.66. The predicted octanol–water partition coefficient (Wildman–Crippen LogP) is 6.09. The Morgan fingerprint density at radius 3 is 1.93 bits per heavy atom. The Kier molecular flexibility index (Phi) is 7.47. The van der Waals surface area contributed by atoms with Gasteiger partial charge >= 0.3 is 5.97 Å². The van der Waals surface area contributed by atoms with E-state index >= 15 is 0 Å². The zero-order valence-electron chi connectivity index (χ0n) is 19.8. The molecule has 0 amide bonds. The first-order chi connectivity index (χ1) is 12.0. The summed E-state index contributed by atoms with van der Waals surface area (Å²) < 4.78 is 13.7. The van der Waals surface area contributed by atoms with Gasteiger partial charge in [0.1, 0.15) is 6.10 Å². The van der Waals surface area contributed by atoms with Gasteiger partial charge in [-0.05, 0) is 25.8 Å². The van der Waals surface area contributed by atoms with Gasteiger partial charge in [0.25, 0.3) is 0 Å². The summed E-state index contributed by atoms with van der Waals surface area (Å²) in [5.41, 5.74) is 0.487. The zero-order chi connectivity index (χ0) is 21.5. The van der Waals surface area contributed by atoms with Crippen LogP contribution in [-0.2, 0) is 14.0 Å². The normalized spacial score (nSPS) is 26.6. The van der Waals surface area contributed by atoms with Crippen molar-refractivity contribution in [2.75, 3.05) is 0 Å². The molecule has 0 saturated carbocycles. The lowest BCUT2D eigenvalue weighted by Crippen LogP contribution is -2.82. The lowest BCUT2D eigenvalue weighted by atomic mass is 10.1. The maximum absolute atomic E-state index is 12.5. The maximum Gasteiger partial charge on any atom is 0.333 e. The van der Waals surface area contributed by atoms with Crippen LogP contribution in [0.5, 0.6) is 0 Å². The van der Waals surface area contributed by atoms with Crippen molar-refractivity contribution >= 4 is 36.6 Å². The molecule has 3 nitrogen and oxygen atoms in total. The van der Waals surface area contributed by atoms with Gasteiger partial charge in [0.05, 0.1) is 28.5 Å². The minimum Gasteiger partial charge on any atom is -0.456 e. The van der Waals surface area contributed by atoms with Gasteiger partial charge in [-0.15, -0.1) is 0 Å². The van der Waals surface area contributed by atoms with E-state index in [1.54, 1.807) is 6.92 Å². The summed E-state index contributed by atoms with van der Waals surface area (Å²) in [6, 6.07) is 1.16. The second-order valence-electron chi connectivity index (χ2n) is 11.5. The smallest absolute Gasteiger partial charge is 0.333 e. The Bertz CT molecular complexity index is 555. The fourth-order valence-corrected chi connectivity index (χ4v) is 51.0. The maximum atomic E-state index is 12.5. The van der Waals surface area contributed by atoms with Crippen molar-refractivity contribution in [1.82, 2.24) is 0 Å². The summed E-state index contributed by atoms with van der Waals surface area (Å²) in [6.07, 6.45) is 2.92. The van der Waals surface area contributed by atoms with Crippen LogP contribution in [0.1, 0.15) is 33.1 Å². The average Bonchev–Trinajstić information content (AvgIpc) is 2.45. The molecular weight excluding hydrogens is 401 g/mol. The van der Waals surface area contributed by atoms with Crippen molar-refractivity contribution in [3.05, 3.63) is 12.2 Å². The molecule has 7 heteroatoms. The first-order valence-corrected chi connectivity index (χ1v) is 25.1. The molecule has 0 radical (unpaired) electrons. The molecule has 1 heterocycles. The topological polar surface area (TPSA) is 35.5 Å². The molecule has 2 atom stereocenters. The number of hydrogen-bond donors (Lipinski definition) is 0. The fraction of sp³-hybridized carbons (Fsp3) is 0.850. The van der Waals surface area contributed by atoms with Gasteiger partial charge in [-0.1, -0.05) is 78.8 Å². The minimum absolute atomic E-state index is 0.123. The standard InChI is InChI=1S/C20H44O3Si4/c1-13-15-20(24(4,5)6)18(22-19(21)17(2)3)14-16-27(23-20,25(7,8)9)26(10,11)12/h18H,2,13-16H2,1,3-12H3. The molecule has 1 aliphatic heterocycles. The molecule has 0 bridgehead atoms. The van der Waals surface area contributed by atoms with Crippen LogP contribution in [0, 0.1) is 0 Å². The van der Waals surface area contributed by atoms with Gasteiger partial charge in [-0.3, -0.25) is 0 Å². The van der Waals surface area contributed by atoms with Gasteiger partial charge < -0.3 is 9.16 Å². The molecule has 0 aromatic rings. The number of carbonyl (C=O) groups is 1. The van der Waals surface area contributed by atoms with Crippen molar-refractivity contribution in [2.24, 2.45) is 0 Å². The molecule has 27 heavy (non-hydrogen) atoms. The number of hydrogen-bond acceptors (Lipinski definition) is 3. The van der Waals surface area contributed by atoms with E-state index in [0.29, 0.717) is 5.57 Å². The van der Waals surface area contributed by atoms with Gasteiger partial charge in [0.15, 0.2) is 7.35 Å². The Labute approximate surface area is 172 Å². The SMILES string of the molecule is C=C(C)C(=O)OC1CC[Si]([Si](C)(C)C)([Si](C)(C)C)OC1(CCC)[Si](C)(C)C. The lowest BCUT2D eigenvalue weighted by Gasteiger charge is -2.62. The first kappa shape index (κ1) is 25.1. The van der Waals surface area contributed by atoms with Crippen LogP contribution in [0.15, 0.2) is 12.2 Å². The highest BCUT2D eigenvalue weighted by atomic mass is 29.7. The Morgan fingerprint density at radius 2 is 1.59 bits per heavy atom. The quantitative estimate of drug-likeness (QED) is 0.271. The highest BCUT2D eigenvalue weighted by Crippen LogP contribution is 2.49. The van der Waals surface area contributed by atoms with Gasteiger partial charge in [0.2, 0.25) is 0 Å². The van der Waals surface area contributed by atoms with Gasteiger partial charge in [0, 0.05) is 5.57 Å². The summed E-state index contributed by atoms with van der Waals surface area (Å²) in [5, 5.41) is -0.266. The van der Waals surface area contributed by atoms with Crippen molar-refractivity contribution < 1.29 is 14.0 Å². The van der Waals surface area contributed by atoms with Crippen LogP contribution in [0.3, 0.4) is 0 Å². The van der Waals surface area contributed by atoms with Crippen LogP contribution in [0.4, 0.5) is 0 Å². The lowest BCUT2D eigenvalue weighted by molar-refractivity contribution is -0.154. The summed E-state index contributed by atoms with van der Waals surface area (Å²) in [6.45, 7) is 30.2. The van der Waals surface area contributed by atoms with E-state index in [0.717, 1.165) is 25.3 Å². The number of carbonyl (C=O) groups excluding carboxylic acids is 1. The third-order valence-electron chi connectivity index (χ3n) is 6.55. The number of rotatable bonds is 7. The fourth-order valence-electron chi connectivity index (χ4n) is 5.15. The van der Waals surface area contributed by atoms with Gasteiger partial charge in [-0.2, -0.15) is 0 Å². The van der Waals surface area contributed by atoms with E-state index in [9.17, 15) is 4.79 Å². The Morgan fingerprint density at radius 1 is 1.11 bits per heavy atom. The molecule has 158 valence electrons. The molecule has 0 spiro atoms. The molecule has 1 rings (SSSR count). The average molecular weight is 445 g/mol. The third-order valence-corrected chi connectivity index (χ3v) is 46.7. The Balaban J connectivity index is 3.59. The zero-order valence-corrected chi connectivity index (χ0v) is 23.8. The van der Waals surface area contributed by atoms with E-state index in [4.69, 9.17) is 9.16 Å². The molecule has 1 fully saturated rings. The van der Waals surface area contributed by atoms with Crippen LogP contribution in [0.25, 0.3) is 0 Å². The third kappa shape index (κ3) is 4.62. The molecule has 0 aromatic heterocycles. The second-order valence-corrected chi connectivity index (χ2v) is 43.6. The molecule has 1 aliphatic rings. The van der Waals surface area contributed by atoms with Crippen LogP contribution in [-0.4, -0.2) is 47.9 Å². The second kappa shape index (κ2) is 8.05. The van der Waals surface area contributed by atoms with Gasteiger partial charge in [-0.25, -0.2) is 4.79 Å². The minimum atomic E-state index is -1.89. The molecular formula is C20H44O3Si4. The summed E-state index contributed by atoms with van der Waals surface area (Å²) >= 11 is 0. The van der Waals surface area contributed by atoms with E-state index < -0.39 is 30.6 Å². The van der Waals surface area contributed by atoms with Crippen molar-refractivity contribution in [3.8, 4) is 0 Å². The monoisotopic (exact) mass is 444 g/mol. The summed E-state index contributed by atoms with van der Waals surface area (Å²) in [5.74, 6) is -0.252. The summed E-state index contributed by atoms with van der Waals surface area (Å²) in [4.78, 5) is 12.5. The molecule has 2 unspecified atom stereocenters. The number of ether oxygens (including phenoxy) is 1. The molecule has 0 aromatic carbocycles. The molecule has 0 N–H and O–H groups in total. The van der Waals surface area contributed by atoms with E-state index in [1.807, 2.05) is 0 Å². The van der Waals surface area contributed by atoms with E-state index in [2.05, 4.69) is 72.4 Å².